The first-order valence-corrected chi connectivity index (χ1v) is 9.69. The third kappa shape index (κ3) is 4.61. The number of hydrogen-bond donors (Lipinski definition) is 0. The molecule has 0 N–H and O–H groups in total. The number of ether oxygens (including phenoxy) is 1. The molecule has 6 heteroatoms. The molecule has 1 aliphatic heterocycles. The van der Waals surface area contributed by atoms with Crippen LogP contribution in [0.5, 0.6) is 0 Å². The molecule has 25 heavy (non-hydrogen) atoms. The first kappa shape index (κ1) is 18.4. The Bertz CT molecular complexity index is 690. The van der Waals surface area contributed by atoms with E-state index in [1.54, 1.807) is 11.3 Å². The Balaban J connectivity index is 1.58. The van der Waals surface area contributed by atoms with Crippen molar-refractivity contribution in [2.75, 3.05) is 33.3 Å². The van der Waals surface area contributed by atoms with Crippen LogP contribution < -0.4 is 0 Å². The van der Waals surface area contributed by atoms with Gasteiger partial charge in [0.2, 0.25) is 5.91 Å². The van der Waals surface area contributed by atoms with E-state index in [4.69, 9.17) is 16.3 Å². The van der Waals surface area contributed by atoms with Crippen LogP contribution in [0.1, 0.15) is 29.5 Å². The van der Waals surface area contributed by atoms with Gasteiger partial charge in [0.25, 0.3) is 0 Å². The average Bonchev–Trinajstić information content (AvgIpc) is 3.16. The number of benzene rings is 1. The third-order valence-corrected chi connectivity index (χ3v) is 5.98. The lowest BCUT2D eigenvalue weighted by molar-refractivity contribution is -0.135. The fourth-order valence-corrected chi connectivity index (χ4v) is 3.92. The molecule has 1 aliphatic rings. The zero-order valence-corrected chi connectivity index (χ0v) is 16.1. The monoisotopic (exact) mass is 378 g/mol. The number of rotatable bonds is 5. The highest BCUT2D eigenvalue weighted by Gasteiger charge is 2.26. The van der Waals surface area contributed by atoms with Crippen LogP contribution in [-0.2, 0) is 9.53 Å². The highest BCUT2D eigenvalue weighted by atomic mass is 35.5. The van der Waals surface area contributed by atoms with Gasteiger partial charge in [0.05, 0.1) is 25.3 Å². The second-order valence-electron chi connectivity index (χ2n) is 6.34. The molecule has 2 atom stereocenters. The Labute approximate surface area is 158 Å². The summed E-state index contributed by atoms with van der Waals surface area (Å²) >= 11 is 7.64. The molecule has 1 saturated heterocycles. The highest BCUT2D eigenvalue weighted by Crippen LogP contribution is 2.25. The number of carbonyl (C=O) groups excluding carboxylic acids is 1. The van der Waals surface area contributed by atoms with E-state index in [0.29, 0.717) is 19.7 Å². The lowest BCUT2D eigenvalue weighted by Crippen LogP contribution is -2.45. The van der Waals surface area contributed by atoms with Gasteiger partial charge in [-0.05, 0) is 36.1 Å². The van der Waals surface area contributed by atoms with Gasteiger partial charge in [0.15, 0.2) is 0 Å². The number of nitrogens with zero attached hydrogens (tertiary/aromatic N) is 2. The average molecular weight is 379 g/mol. The van der Waals surface area contributed by atoms with Crippen molar-refractivity contribution < 1.29 is 9.53 Å². The SMILES string of the molecule is C[C@H](c1cccs1)N(C)C(=O)CN1CCO[C@@H](c2ccc(Cl)cc2)C1. The van der Waals surface area contributed by atoms with Crippen LogP contribution in [-0.4, -0.2) is 49.0 Å². The molecule has 0 radical (unpaired) electrons. The maximum Gasteiger partial charge on any atom is 0.237 e. The standard InChI is InChI=1S/C19H23ClN2O2S/c1-14(18-4-3-11-25-18)21(2)19(23)13-22-9-10-24-17(12-22)15-5-7-16(20)8-6-15/h3-8,11,14,17H,9-10,12-13H2,1-2H3/t14-,17-/m1/s1. The lowest BCUT2D eigenvalue weighted by atomic mass is 10.1. The largest absolute Gasteiger partial charge is 0.371 e. The number of carbonyl (C=O) groups is 1. The summed E-state index contributed by atoms with van der Waals surface area (Å²) in [4.78, 5) is 17.9. The van der Waals surface area contributed by atoms with E-state index >= 15 is 0 Å². The smallest absolute Gasteiger partial charge is 0.237 e. The van der Waals surface area contributed by atoms with Crippen molar-refractivity contribution in [2.45, 2.75) is 19.1 Å². The normalized spacial score (nSPS) is 19.6. The van der Waals surface area contributed by atoms with Crippen molar-refractivity contribution in [2.24, 2.45) is 0 Å². The van der Waals surface area contributed by atoms with Crippen LogP contribution in [0.4, 0.5) is 0 Å². The van der Waals surface area contributed by atoms with Crippen LogP contribution in [0.15, 0.2) is 41.8 Å². The van der Waals surface area contributed by atoms with Crippen molar-refractivity contribution in [3.05, 3.63) is 57.2 Å². The van der Waals surface area contributed by atoms with Crippen molar-refractivity contribution in [1.29, 1.82) is 0 Å². The van der Waals surface area contributed by atoms with Crippen LogP contribution >= 0.6 is 22.9 Å². The predicted molar refractivity (Wildman–Crippen MR) is 102 cm³/mol. The van der Waals surface area contributed by atoms with Crippen molar-refractivity contribution in [3.8, 4) is 0 Å². The van der Waals surface area contributed by atoms with Crippen LogP contribution in [0.25, 0.3) is 0 Å². The third-order valence-electron chi connectivity index (χ3n) is 4.68. The van der Waals surface area contributed by atoms with E-state index in [-0.39, 0.29) is 18.1 Å². The van der Waals surface area contributed by atoms with E-state index in [9.17, 15) is 4.79 Å². The summed E-state index contributed by atoms with van der Waals surface area (Å²) in [5.74, 6) is 0.137. The summed E-state index contributed by atoms with van der Waals surface area (Å²) in [6, 6.07) is 11.9. The fraction of sp³-hybridized carbons (Fsp3) is 0.421. The number of morpholine rings is 1. The predicted octanol–water partition coefficient (Wildman–Crippen LogP) is 3.99. The quantitative estimate of drug-likeness (QED) is 0.788. The van der Waals surface area contributed by atoms with Gasteiger partial charge in [-0.1, -0.05) is 29.8 Å². The molecule has 0 spiro atoms. The van der Waals surface area contributed by atoms with Crippen LogP contribution in [0.2, 0.25) is 5.02 Å². The molecule has 2 aromatic rings. The van der Waals surface area contributed by atoms with Gasteiger partial charge in [-0.25, -0.2) is 0 Å². The molecular weight excluding hydrogens is 356 g/mol. The van der Waals surface area contributed by atoms with E-state index < -0.39 is 0 Å². The zero-order chi connectivity index (χ0) is 17.8. The Kier molecular flexibility index (Phi) is 6.12. The second kappa shape index (κ2) is 8.32. The van der Waals surface area contributed by atoms with Gasteiger partial charge in [0, 0.05) is 30.0 Å². The number of hydrogen-bond acceptors (Lipinski definition) is 4. The molecule has 3 rings (SSSR count). The Morgan fingerprint density at radius 1 is 1.40 bits per heavy atom. The molecule has 1 aromatic carbocycles. The minimum Gasteiger partial charge on any atom is -0.371 e. The van der Waals surface area contributed by atoms with Gasteiger partial charge in [-0.15, -0.1) is 11.3 Å². The molecule has 134 valence electrons. The molecule has 0 bridgehead atoms. The molecule has 0 saturated carbocycles. The molecule has 0 aliphatic carbocycles. The van der Waals surface area contributed by atoms with Gasteiger partial charge in [-0.3, -0.25) is 9.69 Å². The van der Waals surface area contributed by atoms with Gasteiger partial charge < -0.3 is 9.64 Å². The number of amides is 1. The van der Waals surface area contributed by atoms with Crippen molar-refractivity contribution >= 4 is 28.8 Å². The first-order valence-electron chi connectivity index (χ1n) is 8.43. The maximum absolute atomic E-state index is 12.7. The number of halogens is 1. The summed E-state index contributed by atoms with van der Waals surface area (Å²) in [6.45, 7) is 4.61. The molecule has 1 amide bonds. The van der Waals surface area contributed by atoms with E-state index in [1.807, 2.05) is 47.7 Å². The van der Waals surface area contributed by atoms with Crippen molar-refractivity contribution in [1.82, 2.24) is 9.80 Å². The molecule has 4 nitrogen and oxygen atoms in total. The molecule has 2 heterocycles. The van der Waals surface area contributed by atoms with Gasteiger partial charge in [0.1, 0.15) is 0 Å². The summed E-state index contributed by atoms with van der Waals surface area (Å²) in [6.07, 6.45) is -0.0150. The van der Waals surface area contributed by atoms with Crippen molar-refractivity contribution in [3.63, 3.8) is 0 Å². The minimum absolute atomic E-state index is 0.0150. The van der Waals surface area contributed by atoms with Crippen LogP contribution in [0.3, 0.4) is 0 Å². The summed E-state index contributed by atoms with van der Waals surface area (Å²) in [5, 5.41) is 2.76. The molecule has 1 fully saturated rings. The Morgan fingerprint density at radius 3 is 2.84 bits per heavy atom. The second-order valence-corrected chi connectivity index (χ2v) is 7.76. The molecular formula is C19H23ClN2O2S. The minimum atomic E-state index is -0.0150. The van der Waals surface area contributed by atoms with Gasteiger partial charge in [-0.2, -0.15) is 0 Å². The first-order chi connectivity index (χ1) is 12.0. The van der Waals surface area contributed by atoms with E-state index in [2.05, 4.69) is 17.9 Å². The Hall–Kier alpha value is -1.40. The lowest BCUT2D eigenvalue weighted by Gasteiger charge is -2.34. The number of thiophene rings is 1. The molecule has 1 aromatic heterocycles. The Morgan fingerprint density at radius 2 is 2.16 bits per heavy atom. The fourth-order valence-electron chi connectivity index (χ4n) is 2.96. The van der Waals surface area contributed by atoms with E-state index in [0.717, 1.165) is 17.1 Å². The van der Waals surface area contributed by atoms with E-state index in [1.165, 1.54) is 4.88 Å². The highest BCUT2D eigenvalue weighted by molar-refractivity contribution is 7.10. The summed E-state index contributed by atoms with van der Waals surface area (Å²) in [7, 11) is 1.88. The zero-order valence-electron chi connectivity index (χ0n) is 14.5. The summed E-state index contributed by atoms with van der Waals surface area (Å²) < 4.78 is 5.87. The van der Waals surface area contributed by atoms with Crippen LogP contribution in [0, 0.1) is 0 Å². The topological polar surface area (TPSA) is 32.8 Å². The van der Waals surface area contributed by atoms with Gasteiger partial charge >= 0.3 is 0 Å². The summed E-state index contributed by atoms with van der Waals surface area (Å²) in [5.41, 5.74) is 1.10. The maximum atomic E-state index is 12.7. The molecule has 0 unspecified atom stereocenters. The number of likely N-dealkylation sites (N-methyl/N-ethyl adjacent to an activating group) is 1.